The van der Waals surface area contributed by atoms with Gasteiger partial charge in [0.1, 0.15) is 6.04 Å². The van der Waals surface area contributed by atoms with E-state index in [-0.39, 0.29) is 6.42 Å². The topological polar surface area (TPSA) is 147 Å². The molecular formula is C5H10NO7P. The molecule has 0 saturated carbocycles. The molecule has 0 aromatic heterocycles. The number of hydrogen-bond acceptors (Lipinski definition) is 5. The third-order valence-corrected chi connectivity index (χ3v) is 1.64. The molecule has 0 saturated heterocycles. The molecule has 1 unspecified atom stereocenters. The van der Waals surface area contributed by atoms with Crippen LogP contribution in [0.25, 0.3) is 0 Å². The smallest absolute Gasteiger partial charge is 0.480 e. The number of nitrogens with two attached hydrogens (primary N) is 1. The van der Waals surface area contributed by atoms with Crippen molar-refractivity contribution in [2.45, 2.75) is 18.9 Å². The number of carbonyl (C=O) groups is 2. The van der Waals surface area contributed by atoms with Crippen molar-refractivity contribution in [3.8, 4) is 0 Å². The molecule has 0 aliphatic rings. The van der Waals surface area contributed by atoms with Crippen LogP contribution in [0.15, 0.2) is 0 Å². The highest BCUT2D eigenvalue weighted by atomic mass is 31.2. The molecule has 14 heavy (non-hydrogen) atoms. The first kappa shape index (κ1) is 13.1. The van der Waals surface area contributed by atoms with Crippen LogP contribution in [0.4, 0.5) is 0 Å². The molecule has 1 atom stereocenters. The second kappa shape index (κ2) is 5.06. The summed E-state index contributed by atoms with van der Waals surface area (Å²) in [6.07, 6.45) is -0.702. The molecule has 82 valence electrons. The van der Waals surface area contributed by atoms with Gasteiger partial charge in [0.05, 0.1) is 0 Å². The van der Waals surface area contributed by atoms with Crippen molar-refractivity contribution in [1.82, 2.24) is 0 Å². The molecule has 0 radical (unpaired) electrons. The Kier molecular flexibility index (Phi) is 4.72. The molecule has 0 spiro atoms. The lowest BCUT2D eigenvalue weighted by Gasteiger charge is -2.06. The number of carbonyl (C=O) groups excluding carboxylic acids is 1. The van der Waals surface area contributed by atoms with Crippen LogP contribution in [0, 0.1) is 0 Å². The van der Waals surface area contributed by atoms with E-state index in [0.717, 1.165) is 0 Å². The summed E-state index contributed by atoms with van der Waals surface area (Å²) < 4.78 is 13.8. The van der Waals surface area contributed by atoms with Gasteiger partial charge in [-0.3, -0.25) is 19.4 Å². The lowest BCUT2D eigenvalue weighted by Crippen LogP contribution is -2.30. The van der Waals surface area contributed by atoms with Crippen LogP contribution >= 0.6 is 7.82 Å². The highest BCUT2D eigenvalue weighted by molar-refractivity contribution is 7.46. The number of aliphatic carboxylic acids is 1. The van der Waals surface area contributed by atoms with Gasteiger partial charge in [0.2, 0.25) is 0 Å². The molecule has 0 aliphatic carbocycles. The Morgan fingerprint density at radius 3 is 2.29 bits per heavy atom. The predicted molar refractivity (Wildman–Crippen MR) is 43.0 cm³/mol. The molecule has 0 aliphatic heterocycles. The normalized spacial score (nSPS) is 13.4. The lowest BCUT2D eigenvalue weighted by molar-refractivity contribution is -0.139. The number of rotatable bonds is 5. The minimum Gasteiger partial charge on any atom is -0.480 e. The number of phosphoric acid groups is 1. The Bertz CT molecular complexity index is 271. The van der Waals surface area contributed by atoms with Crippen molar-refractivity contribution < 1.29 is 33.6 Å². The predicted octanol–water partition coefficient (Wildman–Crippen LogP) is -1.19. The third kappa shape index (κ3) is 6.55. The Labute approximate surface area is 78.9 Å². The second-order valence-electron chi connectivity index (χ2n) is 2.44. The minimum atomic E-state index is -4.84. The molecule has 0 heterocycles. The molecule has 0 amide bonds. The van der Waals surface area contributed by atoms with E-state index >= 15 is 0 Å². The highest BCUT2D eigenvalue weighted by Crippen LogP contribution is 2.36. The molecule has 5 N–H and O–H groups in total. The summed E-state index contributed by atoms with van der Waals surface area (Å²) in [5.74, 6) is -2.48. The minimum absolute atomic E-state index is 0.242. The molecule has 8 nitrogen and oxygen atoms in total. The molecule has 0 aromatic carbocycles. The first-order chi connectivity index (χ1) is 6.22. The second-order valence-corrected chi connectivity index (χ2v) is 3.60. The third-order valence-electron chi connectivity index (χ3n) is 1.20. The average Bonchev–Trinajstić information content (AvgIpc) is 1.96. The fourth-order valence-electron chi connectivity index (χ4n) is 0.575. The van der Waals surface area contributed by atoms with E-state index in [0.29, 0.717) is 0 Å². The standard InChI is InChI=1S/C5H10NO7P/c6-3(5(8)9)1-2-4(7)13-14(10,11)12/h3H,1-2,6H2,(H,8,9)(H2,10,11,12). The van der Waals surface area contributed by atoms with E-state index in [1.165, 1.54) is 0 Å². The molecule has 0 aromatic rings. The highest BCUT2D eigenvalue weighted by Gasteiger charge is 2.21. The summed E-state index contributed by atoms with van der Waals surface area (Å²) in [4.78, 5) is 37.2. The van der Waals surface area contributed by atoms with Gasteiger partial charge in [-0.15, -0.1) is 0 Å². The summed E-state index contributed by atoms with van der Waals surface area (Å²) in [7, 11) is -4.84. The maximum absolute atomic E-state index is 10.6. The maximum Gasteiger partial charge on any atom is 0.526 e. The largest absolute Gasteiger partial charge is 0.526 e. The number of hydrogen-bond donors (Lipinski definition) is 4. The molecule has 0 bridgehead atoms. The zero-order valence-electron chi connectivity index (χ0n) is 6.99. The van der Waals surface area contributed by atoms with Gasteiger partial charge in [0.15, 0.2) is 0 Å². The summed E-state index contributed by atoms with van der Waals surface area (Å²) in [5, 5.41) is 8.30. The lowest BCUT2D eigenvalue weighted by atomic mass is 10.2. The van der Waals surface area contributed by atoms with Crippen molar-refractivity contribution >= 4 is 19.8 Å². The SMILES string of the molecule is NC(CCC(=O)OP(=O)(O)O)C(=O)O. The first-order valence-electron chi connectivity index (χ1n) is 3.48. The van der Waals surface area contributed by atoms with Gasteiger partial charge in [-0.05, 0) is 6.42 Å². The van der Waals surface area contributed by atoms with Crippen LogP contribution in [0.2, 0.25) is 0 Å². The van der Waals surface area contributed by atoms with Crippen molar-refractivity contribution in [2.75, 3.05) is 0 Å². The molecular weight excluding hydrogens is 217 g/mol. The van der Waals surface area contributed by atoms with Crippen LogP contribution in [0.5, 0.6) is 0 Å². The molecule has 0 fully saturated rings. The van der Waals surface area contributed by atoms with E-state index in [1.807, 2.05) is 0 Å². The van der Waals surface area contributed by atoms with E-state index < -0.39 is 32.2 Å². The van der Waals surface area contributed by atoms with Crippen LogP contribution in [-0.4, -0.2) is 32.9 Å². The summed E-state index contributed by atoms with van der Waals surface area (Å²) in [5.41, 5.74) is 5.03. The molecule has 9 heteroatoms. The van der Waals surface area contributed by atoms with Gasteiger partial charge in [-0.25, -0.2) is 4.57 Å². The summed E-state index contributed by atoms with van der Waals surface area (Å²) >= 11 is 0. The summed E-state index contributed by atoms with van der Waals surface area (Å²) in [6.45, 7) is 0. The zero-order valence-corrected chi connectivity index (χ0v) is 7.89. The number of carboxylic acids is 1. The fraction of sp³-hybridized carbons (Fsp3) is 0.600. The maximum atomic E-state index is 10.6. The van der Waals surface area contributed by atoms with Gasteiger partial charge in [-0.2, -0.15) is 0 Å². The Morgan fingerprint density at radius 1 is 1.43 bits per heavy atom. The zero-order chi connectivity index (χ0) is 11.4. The van der Waals surface area contributed by atoms with E-state index in [2.05, 4.69) is 4.52 Å². The first-order valence-corrected chi connectivity index (χ1v) is 5.02. The van der Waals surface area contributed by atoms with Crippen LogP contribution < -0.4 is 5.73 Å². The summed E-state index contributed by atoms with van der Waals surface area (Å²) in [6, 6.07) is -1.25. The Hall–Kier alpha value is -0.950. The van der Waals surface area contributed by atoms with Crippen LogP contribution in [0.1, 0.15) is 12.8 Å². The van der Waals surface area contributed by atoms with Gasteiger partial charge < -0.3 is 15.4 Å². The Balaban J connectivity index is 3.87. The van der Waals surface area contributed by atoms with Crippen LogP contribution in [-0.2, 0) is 18.7 Å². The van der Waals surface area contributed by atoms with Gasteiger partial charge in [-0.1, -0.05) is 0 Å². The number of phosphoric ester groups is 1. The van der Waals surface area contributed by atoms with E-state index in [4.69, 9.17) is 20.6 Å². The van der Waals surface area contributed by atoms with Crippen LogP contribution in [0.3, 0.4) is 0 Å². The van der Waals surface area contributed by atoms with Crippen molar-refractivity contribution in [3.05, 3.63) is 0 Å². The van der Waals surface area contributed by atoms with Gasteiger partial charge >= 0.3 is 19.8 Å². The van der Waals surface area contributed by atoms with E-state index in [1.54, 1.807) is 0 Å². The monoisotopic (exact) mass is 227 g/mol. The fourth-order valence-corrected chi connectivity index (χ4v) is 0.932. The van der Waals surface area contributed by atoms with Crippen molar-refractivity contribution in [3.63, 3.8) is 0 Å². The van der Waals surface area contributed by atoms with E-state index in [9.17, 15) is 14.2 Å². The average molecular weight is 227 g/mol. The van der Waals surface area contributed by atoms with Gasteiger partial charge in [0, 0.05) is 6.42 Å². The quantitative estimate of drug-likeness (QED) is 0.428. The van der Waals surface area contributed by atoms with Crippen molar-refractivity contribution in [2.24, 2.45) is 5.73 Å². The van der Waals surface area contributed by atoms with Crippen molar-refractivity contribution in [1.29, 1.82) is 0 Å². The molecule has 0 rings (SSSR count). The van der Waals surface area contributed by atoms with Gasteiger partial charge in [0.25, 0.3) is 0 Å². The number of carboxylic acid groups (broad SMARTS) is 1. The Morgan fingerprint density at radius 2 is 1.93 bits per heavy atom.